The van der Waals surface area contributed by atoms with E-state index in [1.165, 1.54) is 168 Å². The van der Waals surface area contributed by atoms with Gasteiger partial charge in [-0.25, -0.2) is 0 Å². The minimum atomic E-state index is 0.351. The van der Waals surface area contributed by atoms with Crippen molar-refractivity contribution in [1.82, 2.24) is 40.0 Å². The van der Waals surface area contributed by atoms with Crippen LogP contribution in [0.5, 0.6) is 0 Å². The Balaban J connectivity index is 0. The minimum absolute atomic E-state index is 0.351. The van der Waals surface area contributed by atoms with Gasteiger partial charge in [-0.1, -0.05) is 145 Å². The first-order valence-corrected chi connectivity index (χ1v) is 40.8. The van der Waals surface area contributed by atoms with Gasteiger partial charge in [0.2, 0.25) is 0 Å². The predicted molar refractivity (Wildman–Crippen MR) is 425 cm³/mol. The highest BCUT2D eigenvalue weighted by Gasteiger charge is 2.34. The Morgan fingerprint density at radius 2 is 0.720 bits per heavy atom. The molecule has 4 atom stereocenters. The number of rotatable bonds is 19. The number of hydrogen-bond acceptors (Lipinski definition) is 8. The summed E-state index contributed by atoms with van der Waals surface area (Å²) < 4.78 is 0. The van der Waals surface area contributed by atoms with Gasteiger partial charge in [-0.2, -0.15) is 0 Å². The third-order valence-electron chi connectivity index (χ3n) is 22.6. The fourth-order valence-corrected chi connectivity index (χ4v) is 14.1. The topological polar surface area (TPSA) is 43.5 Å². The first kappa shape index (κ1) is 94.7. The van der Waals surface area contributed by atoms with E-state index in [1.807, 2.05) is 0 Å². The van der Waals surface area contributed by atoms with Crippen LogP contribution in [0.4, 0.5) is 0 Å². The largest absolute Gasteiger partial charge is 0.315 e. The molecule has 93 heavy (non-hydrogen) atoms. The van der Waals surface area contributed by atoms with Gasteiger partial charge in [-0.05, 0) is 328 Å². The van der Waals surface area contributed by atoms with Crippen LogP contribution in [0.3, 0.4) is 0 Å². The number of likely N-dealkylation sites (tertiary alicyclic amines) is 5. The van der Waals surface area contributed by atoms with E-state index >= 15 is 0 Å². The lowest BCUT2D eigenvalue weighted by Crippen LogP contribution is -2.49. The van der Waals surface area contributed by atoms with E-state index < -0.39 is 0 Å². The molecule has 6 fully saturated rings. The van der Waals surface area contributed by atoms with Gasteiger partial charge < -0.3 is 35.1 Å². The fourth-order valence-electron chi connectivity index (χ4n) is 14.1. The number of nitrogens with zero attached hydrogens (tertiary/aromatic N) is 6. The van der Waals surface area contributed by atoms with E-state index in [0.717, 1.165) is 114 Å². The predicted octanol–water partition coefficient (Wildman–Crippen LogP) is 21.8. The van der Waals surface area contributed by atoms with Crippen LogP contribution in [0.15, 0.2) is 0 Å². The molecule has 0 amide bonds. The molecule has 0 spiro atoms. The molecule has 8 heteroatoms. The molecule has 2 N–H and O–H groups in total. The Bertz CT molecular complexity index is 1550. The molecule has 562 valence electrons. The minimum Gasteiger partial charge on any atom is -0.315 e. The Kier molecular flexibility index (Phi) is 51.9. The number of nitrogens with one attached hydrogen (secondary N) is 2. The molecule has 0 bridgehead atoms. The zero-order chi connectivity index (χ0) is 72.1. The van der Waals surface area contributed by atoms with Crippen LogP contribution in [0.25, 0.3) is 0 Å². The summed E-state index contributed by atoms with van der Waals surface area (Å²) in [6, 6.07) is 5.77. The molecule has 0 aromatic carbocycles. The van der Waals surface area contributed by atoms with Crippen molar-refractivity contribution >= 4 is 0 Å². The van der Waals surface area contributed by atoms with Crippen LogP contribution in [-0.2, 0) is 0 Å². The molecule has 1 aliphatic carbocycles. The molecule has 0 radical (unpaired) electrons. The van der Waals surface area contributed by atoms with Crippen LogP contribution in [0, 0.1) is 82.3 Å². The first-order chi connectivity index (χ1) is 42.9. The van der Waals surface area contributed by atoms with Gasteiger partial charge in [0.15, 0.2) is 0 Å². The highest BCUT2D eigenvalue weighted by Crippen LogP contribution is 2.36. The van der Waals surface area contributed by atoms with Gasteiger partial charge in [0.25, 0.3) is 0 Å². The zero-order valence-electron chi connectivity index (χ0n) is 70.9. The van der Waals surface area contributed by atoms with Crippen molar-refractivity contribution in [3.8, 4) is 0 Å². The third kappa shape index (κ3) is 46.7. The summed E-state index contributed by atoms with van der Waals surface area (Å²) in [6.45, 7) is 94.0. The van der Waals surface area contributed by atoms with Crippen molar-refractivity contribution in [2.75, 3.05) is 85.6 Å². The Morgan fingerprint density at radius 3 is 1.03 bits per heavy atom. The van der Waals surface area contributed by atoms with Crippen LogP contribution in [0.1, 0.15) is 332 Å². The SMILES string of the molecule is CC(C)(C)[C@H]1CCCN(C(C)(C)C)C1.CC(C)C1CCCN(C(C)C)C1.CC(C)C1CCN(C(C)C)C1.CC(C)C1CCN(C(C)C)CC1.CC(C)CCN(C)C(C)C.CC(C)CCNC(C)C.CC(C)NC1CCC(C(C)C)CC1.CC(C)[C@@H]1CCCN(C(C)C)C1. The summed E-state index contributed by atoms with van der Waals surface area (Å²) in [5.41, 5.74) is 0.827. The Morgan fingerprint density at radius 1 is 0.366 bits per heavy atom. The summed E-state index contributed by atoms with van der Waals surface area (Å²) >= 11 is 0. The summed E-state index contributed by atoms with van der Waals surface area (Å²) in [7, 11) is 2.19. The normalized spacial score (nSPS) is 23.7. The Hall–Kier alpha value is -0.320. The highest BCUT2D eigenvalue weighted by molar-refractivity contribution is 4.88. The molecule has 0 aromatic heterocycles. The molecule has 1 saturated carbocycles. The van der Waals surface area contributed by atoms with E-state index in [4.69, 9.17) is 0 Å². The van der Waals surface area contributed by atoms with E-state index in [2.05, 4.69) is 282 Å². The van der Waals surface area contributed by atoms with Gasteiger partial charge in [0.1, 0.15) is 0 Å². The smallest absolute Gasteiger partial charge is 0.0125 e. The lowest BCUT2D eigenvalue weighted by molar-refractivity contribution is 0.0388. The van der Waals surface area contributed by atoms with E-state index in [9.17, 15) is 0 Å². The van der Waals surface area contributed by atoms with Gasteiger partial charge in [0.05, 0.1) is 0 Å². The molecular formula is C85H182N8. The lowest BCUT2D eigenvalue weighted by atomic mass is 9.75. The van der Waals surface area contributed by atoms with Gasteiger partial charge in [-0.15, -0.1) is 0 Å². The Labute approximate surface area is 590 Å². The van der Waals surface area contributed by atoms with Crippen molar-refractivity contribution in [2.45, 2.75) is 386 Å². The van der Waals surface area contributed by atoms with Crippen LogP contribution in [0.2, 0.25) is 0 Å². The molecule has 5 saturated heterocycles. The third-order valence-corrected chi connectivity index (χ3v) is 22.6. The maximum Gasteiger partial charge on any atom is 0.0125 e. The van der Waals surface area contributed by atoms with E-state index in [0.29, 0.717) is 29.1 Å². The van der Waals surface area contributed by atoms with Crippen LogP contribution < -0.4 is 10.6 Å². The van der Waals surface area contributed by atoms with Gasteiger partial charge in [-0.3, -0.25) is 4.90 Å². The van der Waals surface area contributed by atoms with Crippen molar-refractivity contribution in [2.24, 2.45) is 82.3 Å². The van der Waals surface area contributed by atoms with E-state index in [-0.39, 0.29) is 0 Å². The average Bonchev–Trinajstić information content (AvgIpc) is 1.50. The van der Waals surface area contributed by atoms with Crippen LogP contribution in [-0.4, -0.2) is 169 Å². The van der Waals surface area contributed by atoms with Gasteiger partial charge in [0, 0.05) is 80.1 Å². The summed E-state index contributed by atoms with van der Waals surface area (Å²) in [5, 5.41) is 7.02. The number of piperidine rings is 4. The molecule has 6 aliphatic rings. The molecule has 6 rings (SSSR count). The van der Waals surface area contributed by atoms with E-state index in [1.54, 1.807) is 0 Å². The maximum absolute atomic E-state index is 3.64. The first-order valence-electron chi connectivity index (χ1n) is 40.8. The van der Waals surface area contributed by atoms with Crippen molar-refractivity contribution in [1.29, 1.82) is 0 Å². The van der Waals surface area contributed by atoms with Crippen molar-refractivity contribution < 1.29 is 0 Å². The maximum atomic E-state index is 3.64. The second-order valence-corrected chi connectivity index (χ2v) is 37.6. The summed E-state index contributed by atoms with van der Waals surface area (Å²) in [6.07, 6.45) is 21.0. The fraction of sp³-hybridized carbons (Fsp3) is 1.00. The average molecular weight is 1320 g/mol. The standard InChI is InChI=1S/C13H27N.C12H25N.3C11H23N.C10H21N.C9H21N.C8H19N/c1-12(2,3)11-8-7-9-14(10-11)13(4,5)6;1-9(2)11-5-7-12(8-6-11)13-10(3)4;1-9(2)11-5-7-12(8-6-11)10(3)4;2*1-9(2)11-6-5-7-12(8-11)10(3)4;1-8(2)10-5-6-11(7-10)9(3)4;1-8(2)6-7-10(5)9(3)4;1-7(2)5-6-9-8(3)4/h11H,7-10H2,1-6H3;9-13H,5-8H2,1-4H3;3*9-11H,5-8H2,1-4H3;8-10H,5-7H2,1-4H3;8-9H,6-7H2,1-5H3;7-9H,5-6H2,1-4H3/t11-;;;11-;;;;/m0..1..../s1. The monoisotopic (exact) mass is 1320 g/mol. The molecule has 2 unspecified atom stereocenters. The lowest BCUT2D eigenvalue weighted by Gasteiger charge is -2.45. The van der Waals surface area contributed by atoms with Crippen molar-refractivity contribution in [3.05, 3.63) is 0 Å². The van der Waals surface area contributed by atoms with Crippen molar-refractivity contribution in [3.63, 3.8) is 0 Å². The zero-order valence-corrected chi connectivity index (χ0v) is 70.9. The summed E-state index contributed by atoms with van der Waals surface area (Å²) in [5.74, 6) is 11.7. The molecule has 0 aromatic rings. The van der Waals surface area contributed by atoms with Gasteiger partial charge >= 0.3 is 0 Å². The molecule has 8 nitrogen and oxygen atoms in total. The highest BCUT2D eigenvalue weighted by atomic mass is 15.2. The quantitative estimate of drug-likeness (QED) is 0.133. The second kappa shape index (κ2) is 50.9. The molecule has 5 heterocycles. The number of hydrogen-bond donors (Lipinski definition) is 2. The second-order valence-electron chi connectivity index (χ2n) is 37.6. The molecular weight excluding hydrogens is 1130 g/mol. The summed E-state index contributed by atoms with van der Waals surface area (Å²) in [4.78, 5) is 15.5. The van der Waals surface area contributed by atoms with Crippen LogP contribution >= 0.6 is 0 Å². The molecule has 5 aliphatic heterocycles.